The van der Waals surface area contributed by atoms with Crippen molar-refractivity contribution in [2.45, 2.75) is 45.4 Å². The third-order valence-electron chi connectivity index (χ3n) is 4.12. The molecule has 1 N–H and O–H groups in total. The van der Waals surface area contributed by atoms with Gasteiger partial charge in [0.1, 0.15) is 0 Å². The molecular weight excluding hydrogens is 278 g/mol. The smallest absolute Gasteiger partial charge is 0.265 e. The Morgan fingerprint density at radius 1 is 1.19 bits per heavy atom. The average molecular weight is 299 g/mol. The highest BCUT2D eigenvalue weighted by atomic mass is 32.1. The second-order valence-electron chi connectivity index (χ2n) is 5.58. The Morgan fingerprint density at radius 2 is 2.00 bits per heavy atom. The Balaban J connectivity index is 1.79. The molecule has 0 atom stereocenters. The van der Waals surface area contributed by atoms with E-state index in [1.54, 1.807) is 11.3 Å². The van der Waals surface area contributed by atoms with E-state index >= 15 is 0 Å². The SMILES string of the molecule is CCc1ccccc1NC(=O)c1cc2c(s1)CCCCC2. The van der Waals surface area contributed by atoms with Gasteiger partial charge in [-0.2, -0.15) is 0 Å². The van der Waals surface area contributed by atoms with E-state index in [0.717, 1.165) is 29.8 Å². The number of amides is 1. The van der Waals surface area contributed by atoms with E-state index in [2.05, 4.69) is 24.4 Å². The number of rotatable bonds is 3. The number of anilines is 1. The van der Waals surface area contributed by atoms with E-state index in [1.165, 1.54) is 35.3 Å². The van der Waals surface area contributed by atoms with Crippen LogP contribution in [0, 0.1) is 0 Å². The molecule has 1 heterocycles. The van der Waals surface area contributed by atoms with E-state index < -0.39 is 0 Å². The highest BCUT2D eigenvalue weighted by Gasteiger charge is 2.17. The molecule has 1 aromatic carbocycles. The normalized spacial score (nSPS) is 14.3. The first-order valence-electron chi connectivity index (χ1n) is 7.78. The lowest BCUT2D eigenvalue weighted by Gasteiger charge is -2.08. The second kappa shape index (κ2) is 6.44. The highest BCUT2D eigenvalue weighted by Crippen LogP contribution is 2.29. The van der Waals surface area contributed by atoms with Crippen LogP contribution in [-0.4, -0.2) is 5.91 Å². The van der Waals surface area contributed by atoms with Crippen LogP contribution < -0.4 is 5.32 Å². The quantitative estimate of drug-likeness (QED) is 0.808. The third kappa shape index (κ3) is 3.18. The molecule has 3 rings (SSSR count). The molecule has 1 aliphatic carbocycles. The topological polar surface area (TPSA) is 29.1 Å². The zero-order chi connectivity index (χ0) is 14.7. The van der Waals surface area contributed by atoms with Crippen molar-refractivity contribution in [3.63, 3.8) is 0 Å². The number of benzene rings is 1. The van der Waals surface area contributed by atoms with Crippen LogP contribution in [0.5, 0.6) is 0 Å². The first-order valence-corrected chi connectivity index (χ1v) is 8.60. The fourth-order valence-electron chi connectivity index (χ4n) is 2.91. The summed E-state index contributed by atoms with van der Waals surface area (Å²) in [6.07, 6.45) is 7.02. The van der Waals surface area contributed by atoms with E-state index in [4.69, 9.17) is 0 Å². The van der Waals surface area contributed by atoms with Gasteiger partial charge in [0.2, 0.25) is 0 Å². The van der Waals surface area contributed by atoms with Crippen LogP contribution in [-0.2, 0) is 19.3 Å². The summed E-state index contributed by atoms with van der Waals surface area (Å²) in [5.74, 6) is 0.0361. The van der Waals surface area contributed by atoms with Crippen molar-refractivity contribution in [1.29, 1.82) is 0 Å². The largest absolute Gasteiger partial charge is 0.321 e. The molecule has 1 aliphatic rings. The standard InChI is InChI=1S/C18H21NOS/c1-2-13-8-6-7-10-15(13)19-18(20)17-12-14-9-4-3-5-11-16(14)21-17/h6-8,10,12H,2-5,9,11H2,1H3,(H,19,20). The Labute approximate surface area is 130 Å². The summed E-state index contributed by atoms with van der Waals surface area (Å²) < 4.78 is 0. The van der Waals surface area contributed by atoms with E-state index in [9.17, 15) is 4.79 Å². The Bertz CT molecular complexity index is 621. The monoisotopic (exact) mass is 299 g/mol. The first kappa shape index (κ1) is 14.3. The number of carbonyl (C=O) groups is 1. The van der Waals surface area contributed by atoms with Crippen LogP contribution in [0.3, 0.4) is 0 Å². The molecule has 2 aromatic rings. The Morgan fingerprint density at radius 3 is 2.86 bits per heavy atom. The van der Waals surface area contributed by atoms with Gasteiger partial charge in [0.15, 0.2) is 0 Å². The van der Waals surface area contributed by atoms with Gasteiger partial charge in [-0.25, -0.2) is 0 Å². The summed E-state index contributed by atoms with van der Waals surface area (Å²) in [4.78, 5) is 14.8. The van der Waals surface area contributed by atoms with Gasteiger partial charge in [0, 0.05) is 10.6 Å². The van der Waals surface area contributed by atoms with Crippen LogP contribution in [0.4, 0.5) is 5.69 Å². The fraction of sp³-hybridized carbons (Fsp3) is 0.389. The number of para-hydroxylation sites is 1. The molecule has 0 radical (unpaired) electrons. The predicted molar refractivity (Wildman–Crippen MR) is 89.4 cm³/mol. The van der Waals surface area contributed by atoms with E-state index in [1.807, 2.05) is 18.2 Å². The molecular formula is C18H21NOS. The lowest BCUT2D eigenvalue weighted by Crippen LogP contribution is -2.11. The molecule has 2 nitrogen and oxygen atoms in total. The minimum Gasteiger partial charge on any atom is -0.321 e. The summed E-state index contributed by atoms with van der Waals surface area (Å²) in [7, 11) is 0. The van der Waals surface area contributed by atoms with Crippen molar-refractivity contribution < 1.29 is 4.79 Å². The number of hydrogen-bond acceptors (Lipinski definition) is 2. The molecule has 1 amide bonds. The molecule has 0 bridgehead atoms. The van der Waals surface area contributed by atoms with Crippen molar-refractivity contribution in [1.82, 2.24) is 0 Å². The van der Waals surface area contributed by atoms with Gasteiger partial charge < -0.3 is 5.32 Å². The number of fused-ring (bicyclic) bond motifs is 1. The predicted octanol–water partition coefficient (Wildman–Crippen LogP) is 4.83. The van der Waals surface area contributed by atoms with Gasteiger partial charge in [0.25, 0.3) is 5.91 Å². The molecule has 0 saturated heterocycles. The molecule has 0 saturated carbocycles. The zero-order valence-corrected chi connectivity index (χ0v) is 13.3. The summed E-state index contributed by atoms with van der Waals surface area (Å²) in [6.45, 7) is 2.11. The van der Waals surface area contributed by atoms with Gasteiger partial charge in [-0.05, 0) is 55.4 Å². The zero-order valence-electron chi connectivity index (χ0n) is 12.4. The minimum absolute atomic E-state index is 0.0361. The van der Waals surface area contributed by atoms with Gasteiger partial charge >= 0.3 is 0 Å². The van der Waals surface area contributed by atoms with Crippen molar-refractivity contribution in [2.24, 2.45) is 0 Å². The number of thiophene rings is 1. The first-order chi connectivity index (χ1) is 10.3. The summed E-state index contributed by atoms with van der Waals surface area (Å²) in [6, 6.07) is 10.1. The molecule has 0 fully saturated rings. The van der Waals surface area contributed by atoms with E-state index in [0.29, 0.717) is 0 Å². The Hall–Kier alpha value is -1.61. The number of nitrogens with one attached hydrogen (secondary N) is 1. The fourth-order valence-corrected chi connectivity index (χ4v) is 4.06. The maximum absolute atomic E-state index is 12.5. The lowest BCUT2D eigenvalue weighted by atomic mass is 10.1. The third-order valence-corrected chi connectivity index (χ3v) is 5.35. The summed E-state index contributed by atoms with van der Waals surface area (Å²) >= 11 is 1.68. The highest BCUT2D eigenvalue weighted by molar-refractivity contribution is 7.14. The average Bonchev–Trinajstić information content (AvgIpc) is 2.79. The molecule has 0 unspecified atom stereocenters. The maximum Gasteiger partial charge on any atom is 0.265 e. The molecule has 21 heavy (non-hydrogen) atoms. The molecule has 110 valence electrons. The van der Waals surface area contributed by atoms with Crippen molar-refractivity contribution in [2.75, 3.05) is 5.32 Å². The maximum atomic E-state index is 12.5. The Kier molecular flexibility index (Phi) is 4.39. The van der Waals surface area contributed by atoms with Gasteiger partial charge in [-0.3, -0.25) is 4.79 Å². The number of aryl methyl sites for hydroxylation is 3. The van der Waals surface area contributed by atoms with Gasteiger partial charge in [-0.1, -0.05) is 31.5 Å². The molecule has 1 aromatic heterocycles. The van der Waals surface area contributed by atoms with Gasteiger partial charge in [-0.15, -0.1) is 11.3 Å². The van der Waals surface area contributed by atoms with E-state index in [-0.39, 0.29) is 5.91 Å². The lowest BCUT2D eigenvalue weighted by molar-refractivity contribution is 0.103. The van der Waals surface area contributed by atoms with Crippen LogP contribution in [0.25, 0.3) is 0 Å². The van der Waals surface area contributed by atoms with Crippen LogP contribution in [0.15, 0.2) is 30.3 Å². The van der Waals surface area contributed by atoms with Crippen LogP contribution in [0.1, 0.15) is 51.9 Å². The molecule has 0 aliphatic heterocycles. The summed E-state index contributed by atoms with van der Waals surface area (Å²) in [5.41, 5.74) is 3.52. The van der Waals surface area contributed by atoms with Gasteiger partial charge in [0.05, 0.1) is 4.88 Å². The number of carbonyl (C=O) groups excluding carboxylic acids is 1. The van der Waals surface area contributed by atoms with Crippen molar-refractivity contribution in [3.8, 4) is 0 Å². The van der Waals surface area contributed by atoms with Crippen LogP contribution in [0.2, 0.25) is 0 Å². The minimum atomic E-state index is 0.0361. The molecule has 0 spiro atoms. The van der Waals surface area contributed by atoms with Crippen molar-refractivity contribution in [3.05, 3.63) is 51.2 Å². The van der Waals surface area contributed by atoms with Crippen LogP contribution >= 0.6 is 11.3 Å². The second-order valence-corrected chi connectivity index (χ2v) is 6.72. The van der Waals surface area contributed by atoms with Crippen molar-refractivity contribution >= 4 is 22.9 Å². The summed E-state index contributed by atoms with van der Waals surface area (Å²) in [5, 5.41) is 3.07. The number of hydrogen-bond donors (Lipinski definition) is 1. The molecule has 3 heteroatoms.